The minimum absolute atomic E-state index is 0.0308. The van der Waals surface area contributed by atoms with Crippen molar-refractivity contribution >= 4 is 11.8 Å². The van der Waals surface area contributed by atoms with Gasteiger partial charge in [0.05, 0.1) is 6.61 Å². The van der Waals surface area contributed by atoms with Crippen molar-refractivity contribution in [3.05, 3.63) is 0 Å². The molecule has 0 spiro atoms. The molecule has 0 N–H and O–H groups in total. The monoisotopic (exact) mass is 144 g/mol. The number of hydrogen-bond donors (Lipinski definition) is 0. The molecule has 0 bridgehead atoms. The molecule has 4 heteroatoms. The van der Waals surface area contributed by atoms with Crippen LogP contribution in [0.5, 0.6) is 0 Å². The molecular formula is C6H8O4. The minimum Gasteiger partial charge on any atom is -0.457 e. The predicted molar refractivity (Wildman–Crippen MR) is 31.4 cm³/mol. The highest BCUT2D eigenvalue weighted by molar-refractivity contribution is 6.32. The molecule has 1 aliphatic rings. The summed E-state index contributed by atoms with van der Waals surface area (Å²) in [6.07, 6.45) is 0.0308. The molecule has 0 aliphatic carbocycles. The molecule has 4 nitrogen and oxygen atoms in total. The van der Waals surface area contributed by atoms with Crippen molar-refractivity contribution in [3.8, 4) is 0 Å². The lowest BCUT2D eigenvalue weighted by atomic mass is 10.4. The van der Waals surface area contributed by atoms with Crippen LogP contribution in [0.3, 0.4) is 0 Å². The molecule has 0 aromatic rings. The Kier molecular flexibility index (Phi) is 2.01. The molecule has 1 unspecified atom stereocenters. The first-order chi connectivity index (χ1) is 4.70. The molecule has 0 amide bonds. The normalized spacial score (nSPS) is 21.9. The number of rotatable bonds is 3. The topological polar surface area (TPSA) is 55.9 Å². The standard InChI is InChI=1S/C6H8O4/c1-4(7)6(8)10-3-5-2-9-5/h5H,2-3H2,1H3. The SMILES string of the molecule is CC(=O)C(=O)OCC1CO1. The lowest BCUT2D eigenvalue weighted by Gasteiger charge is -1.96. The molecule has 1 heterocycles. The molecule has 0 aromatic carbocycles. The second kappa shape index (κ2) is 2.79. The number of esters is 1. The van der Waals surface area contributed by atoms with E-state index in [4.69, 9.17) is 4.74 Å². The van der Waals surface area contributed by atoms with Gasteiger partial charge in [0, 0.05) is 6.92 Å². The Morgan fingerprint density at radius 1 is 1.70 bits per heavy atom. The van der Waals surface area contributed by atoms with Crippen LogP contribution >= 0.6 is 0 Å². The summed E-state index contributed by atoms with van der Waals surface area (Å²) in [4.78, 5) is 20.7. The van der Waals surface area contributed by atoms with Gasteiger partial charge in [0.15, 0.2) is 0 Å². The molecule has 1 rings (SSSR count). The van der Waals surface area contributed by atoms with Crippen LogP contribution in [0.25, 0.3) is 0 Å². The van der Waals surface area contributed by atoms with Crippen LogP contribution in [0, 0.1) is 0 Å². The first kappa shape index (κ1) is 7.21. The summed E-state index contributed by atoms with van der Waals surface area (Å²) in [5.74, 6) is -1.35. The maximum Gasteiger partial charge on any atom is 0.374 e. The van der Waals surface area contributed by atoms with Gasteiger partial charge < -0.3 is 9.47 Å². The van der Waals surface area contributed by atoms with Gasteiger partial charge in [-0.15, -0.1) is 0 Å². The van der Waals surface area contributed by atoms with E-state index in [1.807, 2.05) is 0 Å². The number of carbonyl (C=O) groups is 2. The van der Waals surface area contributed by atoms with Gasteiger partial charge in [0.25, 0.3) is 0 Å². The summed E-state index contributed by atoms with van der Waals surface area (Å²) in [6.45, 7) is 2.01. The van der Waals surface area contributed by atoms with E-state index in [2.05, 4.69) is 4.74 Å². The summed E-state index contributed by atoms with van der Waals surface area (Å²) in [5.41, 5.74) is 0. The van der Waals surface area contributed by atoms with Crippen LogP contribution in [-0.2, 0) is 19.1 Å². The second-order valence-electron chi connectivity index (χ2n) is 2.11. The number of carbonyl (C=O) groups excluding carboxylic acids is 2. The van der Waals surface area contributed by atoms with Gasteiger partial charge in [-0.1, -0.05) is 0 Å². The zero-order valence-corrected chi connectivity index (χ0v) is 5.62. The van der Waals surface area contributed by atoms with Crippen LogP contribution in [0.15, 0.2) is 0 Å². The van der Waals surface area contributed by atoms with Crippen molar-refractivity contribution in [2.75, 3.05) is 13.2 Å². The second-order valence-corrected chi connectivity index (χ2v) is 2.11. The molecule has 1 aliphatic heterocycles. The lowest BCUT2D eigenvalue weighted by molar-refractivity contribution is -0.153. The van der Waals surface area contributed by atoms with E-state index in [1.54, 1.807) is 0 Å². The van der Waals surface area contributed by atoms with Crippen LogP contribution < -0.4 is 0 Å². The largest absolute Gasteiger partial charge is 0.457 e. The zero-order chi connectivity index (χ0) is 7.56. The van der Waals surface area contributed by atoms with Gasteiger partial charge >= 0.3 is 5.97 Å². The van der Waals surface area contributed by atoms with Gasteiger partial charge in [0.2, 0.25) is 5.78 Å². The fraction of sp³-hybridized carbons (Fsp3) is 0.667. The van der Waals surface area contributed by atoms with Crippen molar-refractivity contribution in [3.63, 3.8) is 0 Å². The average Bonchev–Trinajstić information content (AvgIpc) is 2.64. The molecule has 0 radical (unpaired) electrons. The van der Waals surface area contributed by atoms with Crippen molar-refractivity contribution in [1.82, 2.24) is 0 Å². The Morgan fingerprint density at radius 3 is 2.70 bits per heavy atom. The molecule has 10 heavy (non-hydrogen) atoms. The molecule has 1 atom stereocenters. The van der Waals surface area contributed by atoms with Crippen LogP contribution in [0.1, 0.15) is 6.92 Å². The minimum atomic E-state index is -0.782. The van der Waals surface area contributed by atoms with Crippen molar-refractivity contribution in [2.24, 2.45) is 0 Å². The van der Waals surface area contributed by atoms with Crippen LogP contribution in [0.2, 0.25) is 0 Å². The smallest absolute Gasteiger partial charge is 0.374 e. The number of ether oxygens (including phenoxy) is 2. The van der Waals surface area contributed by atoms with Crippen LogP contribution in [-0.4, -0.2) is 31.1 Å². The van der Waals surface area contributed by atoms with Crippen LogP contribution in [0.4, 0.5) is 0 Å². The number of epoxide rings is 1. The van der Waals surface area contributed by atoms with E-state index in [1.165, 1.54) is 6.92 Å². The van der Waals surface area contributed by atoms with Gasteiger partial charge in [-0.2, -0.15) is 0 Å². The molecule has 1 fully saturated rings. The van der Waals surface area contributed by atoms with Gasteiger partial charge in [-0.25, -0.2) is 4.79 Å². The molecular weight excluding hydrogens is 136 g/mol. The van der Waals surface area contributed by atoms with Crippen molar-refractivity contribution in [2.45, 2.75) is 13.0 Å². The van der Waals surface area contributed by atoms with E-state index < -0.39 is 11.8 Å². The summed E-state index contributed by atoms with van der Waals surface area (Å²) in [5, 5.41) is 0. The number of Topliss-reactive ketones (excluding diaryl/α,β-unsaturated/α-hetero) is 1. The summed E-state index contributed by atoms with van der Waals surface area (Å²) >= 11 is 0. The van der Waals surface area contributed by atoms with E-state index >= 15 is 0 Å². The van der Waals surface area contributed by atoms with E-state index in [0.717, 1.165) is 0 Å². The highest BCUT2D eigenvalue weighted by atomic mass is 16.6. The third kappa shape index (κ3) is 2.14. The van der Waals surface area contributed by atoms with Crippen molar-refractivity contribution in [1.29, 1.82) is 0 Å². The summed E-state index contributed by atoms with van der Waals surface area (Å²) in [6, 6.07) is 0. The Hall–Kier alpha value is -0.900. The molecule has 0 saturated carbocycles. The predicted octanol–water partition coefficient (Wildman–Crippen LogP) is -0.483. The van der Waals surface area contributed by atoms with Gasteiger partial charge in [-0.05, 0) is 0 Å². The fourth-order valence-corrected chi connectivity index (χ4v) is 0.435. The van der Waals surface area contributed by atoms with Crippen molar-refractivity contribution < 1.29 is 19.1 Å². The Bertz CT molecular complexity index is 159. The van der Waals surface area contributed by atoms with E-state index in [0.29, 0.717) is 6.61 Å². The highest BCUT2D eigenvalue weighted by Gasteiger charge is 2.24. The van der Waals surface area contributed by atoms with Gasteiger partial charge in [-0.3, -0.25) is 4.79 Å². The Morgan fingerprint density at radius 2 is 2.30 bits per heavy atom. The molecule has 1 saturated heterocycles. The zero-order valence-electron chi connectivity index (χ0n) is 5.62. The molecule has 56 valence electrons. The summed E-state index contributed by atoms with van der Waals surface area (Å²) < 4.78 is 9.26. The number of ketones is 1. The third-order valence-corrected chi connectivity index (χ3v) is 1.09. The maximum absolute atomic E-state index is 10.4. The maximum atomic E-state index is 10.4. The van der Waals surface area contributed by atoms with Gasteiger partial charge in [0.1, 0.15) is 12.7 Å². The third-order valence-electron chi connectivity index (χ3n) is 1.09. The summed E-state index contributed by atoms with van der Waals surface area (Å²) in [7, 11) is 0. The first-order valence-electron chi connectivity index (χ1n) is 2.99. The lowest BCUT2D eigenvalue weighted by Crippen LogP contribution is -2.16. The fourth-order valence-electron chi connectivity index (χ4n) is 0.435. The first-order valence-corrected chi connectivity index (χ1v) is 2.99. The highest BCUT2D eigenvalue weighted by Crippen LogP contribution is 2.08. The van der Waals surface area contributed by atoms with E-state index in [9.17, 15) is 9.59 Å². The molecule has 0 aromatic heterocycles. The Labute approximate surface area is 58.1 Å². The van der Waals surface area contributed by atoms with E-state index in [-0.39, 0.29) is 12.7 Å². The quantitative estimate of drug-likeness (QED) is 0.305. The average molecular weight is 144 g/mol. The number of hydrogen-bond acceptors (Lipinski definition) is 4. The Balaban J connectivity index is 2.11.